The molecule has 1 atom stereocenters. The largest absolute Gasteiger partial charge is 0.493 e. The fourth-order valence-corrected chi connectivity index (χ4v) is 3.15. The fourth-order valence-electron chi connectivity index (χ4n) is 2.97. The Kier molecular flexibility index (Phi) is 4.14. The molecule has 0 saturated heterocycles. The van der Waals surface area contributed by atoms with Crippen molar-refractivity contribution < 1.29 is 9.47 Å². The summed E-state index contributed by atoms with van der Waals surface area (Å²) in [6.45, 7) is 0.884. The smallest absolute Gasteiger partial charge is 0.161 e. The van der Waals surface area contributed by atoms with Crippen LogP contribution in [0, 0.1) is 0 Å². The van der Waals surface area contributed by atoms with Crippen LogP contribution in [0.15, 0.2) is 30.3 Å². The first-order chi connectivity index (χ1) is 10.6. The molecule has 0 bridgehead atoms. The SMILES string of the molecule is COc1cc2c(cc1OC)C(c1ccc(Cl)cc1N)NCC2. The summed E-state index contributed by atoms with van der Waals surface area (Å²) in [6.07, 6.45) is 0.944. The molecule has 0 amide bonds. The van der Waals surface area contributed by atoms with E-state index >= 15 is 0 Å². The summed E-state index contributed by atoms with van der Waals surface area (Å²) < 4.78 is 10.8. The summed E-state index contributed by atoms with van der Waals surface area (Å²) in [5, 5.41) is 4.16. The van der Waals surface area contributed by atoms with Gasteiger partial charge in [-0.15, -0.1) is 0 Å². The number of hydrogen-bond donors (Lipinski definition) is 2. The van der Waals surface area contributed by atoms with E-state index in [1.807, 2.05) is 24.3 Å². The molecule has 0 aromatic heterocycles. The number of rotatable bonds is 3. The zero-order valence-electron chi connectivity index (χ0n) is 12.7. The number of nitrogens with two attached hydrogens (primary N) is 1. The third kappa shape index (κ3) is 2.60. The third-order valence-corrected chi connectivity index (χ3v) is 4.29. The summed E-state index contributed by atoms with van der Waals surface area (Å²) in [7, 11) is 3.30. The second-order valence-corrected chi connectivity index (χ2v) is 5.75. The van der Waals surface area contributed by atoms with E-state index in [1.54, 1.807) is 20.3 Å². The third-order valence-electron chi connectivity index (χ3n) is 4.06. The number of nitrogens with one attached hydrogen (secondary N) is 1. The molecule has 0 aliphatic carbocycles. The van der Waals surface area contributed by atoms with Crippen LogP contribution in [0.2, 0.25) is 5.02 Å². The fraction of sp³-hybridized carbons (Fsp3) is 0.294. The molecule has 5 heteroatoms. The Bertz CT molecular complexity index is 703. The standard InChI is InChI=1S/C17H19ClN2O2/c1-21-15-7-10-5-6-20-17(13(10)9-16(15)22-2)12-4-3-11(18)8-14(12)19/h3-4,7-9,17,20H,5-6,19H2,1-2H3. The number of halogens is 1. The van der Waals surface area contributed by atoms with E-state index in [9.17, 15) is 0 Å². The van der Waals surface area contributed by atoms with E-state index in [-0.39, 0.29) is 6.04 Å². The van der Waals surface area contributed by atoms with Crippen LogP contribution >= 0.6 is 11.6 Å². The predicted molar refractivity (Wildman–Crippen MR) is 89.0 cm³/mol. The van der Waals surface area contributed by atoms with E-state index in [4.69, 9.17) is 26.8 Å². The highest BCUT2D eigenvalue weighted by Gasteiger charge is 2.25. The lowest BCUT2D eigenvalue weighted by atomic mass is 9.88. The van der Waals surface area contributed by atoms with Gasteiger partial charge in [-0.05, 0) is 47.4 Å². The minimum atomic E-state index is 0.0285. The topological polar surface area (TPSA) is 56.5 Å². The van der Waals surface area contributed by atoms with E-state index in [0.29, 0.717) is 10.7 Å². The Hall–Kier alpha value is -1.91. The zero-order chi connectivity index (χ0) is 15.7. The van der Waals surface area contributed by atoms with Gasteiger partial charge in [0, 0.05) is 17.3 Å². The first-order valence-corrected chi connectivity index (χ1v) is 7.55. The lowest BCUT2D eigenvalue weighted by molar-refractivity contribution is 0.353. The van der Waals surface area contributed by atoms with Gasteiger partial charge in [0.25, 0.3) is 0 Å². The van der Waals surface area contributed by atoms with Crippen LogP contribution < -0.4 is 20.5 Å². The molecule has 0 radical (unpaired) electrons. The van der Waals surface area contributed by atoms with Crippen molar-refractivity contribution in [3.63, 3.8) is 0 Å². The average Bonchev–Trinajstić information content (AvgIpc) is 2.53. The Labute approximate surface area is 135 Å². The lowest BCUT2D eigenvalue weighted by Gasteiger charge is -2.29. The monoisotopic (exact) mass is 318 g/mol. The molecular weight excluding hydrogens is 300 g/mol. The van der Waals surface area contributed by atoms with Gasteiger partial charge in [-0.25, -0.2) is 0 Å². The summed E-state index contributed by atoms with van der Waals surface area (Å²) in [5.41, 5.74) is 10.3. The van der Waals surface area contributed by atoms with E-state index in [0.717, 1.165) is 35.6 Å². The Balaban J connectivity index is 2.10. The van der Waals surface area contributed by atoms with Gasteiger partial charge in [-0.1, -0.05) is 17.7 Å². The highest BCUT2D eigenvalue weighted by Crippen LogP contribution is 2.39. The minimum Gasteiger partial charge on any atom is -0.493 e. The quantitative estimate of drug-likeness (QED) is 0.853. The van der Waals surface area contributed by atoms with Crippen molar-refractivity contribution in [2.75, 3.05) is 26.5 Å². The second-order valence-electron chi connectivity index (χ2n) is 5.32. The highest BCUT2D eigenvalue weighted by atomic mass is 35.5. The molecule has 1 unspecified atom stereocenters. The van der Waals surface area contributed by atoms with Crippen LogP contribution in [0.3, 0.4) is 0 Å². The van der Waals surface area contributed by atoms with Gasteiger partial charge >= 0.3 is 0 Å². The van der Waals surface area contributed by atoms with Crippen LogP contribution in [0.5, 0.6) is 11.5 Å². The number of benzene rings is 2. The van der Waals surface area contributed by atoms with Gasteiger partial charge in [0.05, 0.1) is 20.3 Å². The average molecular weight is 319 g/mol. The Morgan fingerprint density at radius 3 is 2.50 bits per heavy atom. The molecule has 0 fully saturated rings. The van der Waals surface area contributed by atoms with Crippen molar-refractivity contribution >= 4 is 17.3 Å². The van der Waals surface area contributed by atoms with Gasteiger partial charge in [-0.2, -0.15) is 0 Å². The van der Waals surface area contributed by atoms with Gasteiger partial charge < -0.3 is 20.5 Å². The van der Waals surface area contributed by atoms with Crippen LogP contribution in [-0.4, -0.2) is 20.8 Å². The molecule has 1 heterocycles. The van der Waals surface area contributed by atoms with Crippen LogP contribution in [0.4, 0.5) is 5.69 Å². The lowest BCUT2D eigenvalue weighted by Crippen LogP contribution is -2.31. The molecule has 22 heavy (non-hydrogen) atoms. The highest BCUT2D eigenvalue weighted by molar-refractivity contribution is 6.30. The second kappa shape index (κ2) is 6.07. The van der Waals surface area contributed by atoms with Crippen LogP contribution in [-0.2, 0) is 6.42 Å². The summed E-state index contributed by atoms with van der Waals surface area (Å²) >= 11 is 6.01. The maximum atomic E-state index is 6.16. The Morgan fingerprint density at radius 1 is 1.09 bits per heavy atom. The first-order valence-electron chi connectivity index (χ1n) is 7.17. The molecule has 0 spiro atoms. The van der Waals surface area contributed by atoms with Crippen molar-refractivity contribution in [2.45, 2.75) is 12.5 Å². The molecule has 3 N–H and O–H groups in total. The van der Waals surface area contributed by atoms with Crippen molar-refractivity contribution in [1.82, 2.24) is 5.32 Å². The number of ether oxygens (including phenoxy) is 2. The van der Waals surface area contributed by atoms with Gasteiger partial charge in [0.15, 0.2) is 11.5 Å². The van der Waals surface area contributed by atoms with Crippen LogP contribution in [0.1, 0.15) is 22.7 Å². The minimum absolute atomic E-state index is 0.0285. The normalized spacial score (nSPS) is 17.0. The van der Waals surface area contributed by atoms with Crippen molar-refractivity contribution in [3.8, 4) is 11.5 Å². The molecule has 1 aliphatic heterocycles. The molecule has 4 nitrogen and oxygen atoms in total. The predicted octanol–water partition coefficient (Wildman–Crippen LogP) is 3.17. The molecule has 1 aliphatic rings. The molecule has 0 saturated carbocycles. The van der Waals surface area contributed by atoms with Crippen molar-refractivity contribution in [3.05, 3.63) is 52.0 Å². The van der Waals surface area contributed by atoms with E-state index in [1.165, 1.54) is 5.56 Å². The molecule has 3 rings (SSSR count). The van der Waals surface area contributed by atoms with E-state index < -0.39 is 0 Å². The molecule has 2 aromatic carbocycles. The zero-order valence-corrected chi connectivity index (χ0v) is 13.4. The maximum absolute atomic E-state index is 6.16. The number of hydrogen-bond acceptors (Lipinski definition) is 4. The number of anilines is 1. The number of methoxy groups -OCH3 is 2. The first kappa shape index (κ1) is 15.0. The molecule has 2 aromatic rings. The number of fused-ring (bicyclic) bond motifs is 1. The summed E-state index contributed by atoms with van der Waals surface area (Å²) in [4.78, 5) is 0. The Morgan fingerprint density at radius 2 is 1.82 bits per heavy atom. The summed E-state index contributed by atoms with van der Waals surface area (Å²) in [6, 6.07) is 9.73. The molecular formula is C17H19ClN2O2. The van der Waals surface area contributed by atoms with Crippen LogP contribution in [0.25, 0.3) is 0 Å². The van der Waals surface area contributed by atoms with Gasteiger partial charge in [0.2, 0.25) is 0 Å². The van der Waals surface area contributed by atoms with Gasteiger partial charge in [0.1, 0.15) is 0 Å². The van der Waals surface area contributed by atoms with E-state index in [2.05, 4.69) is 5.32 Å². The maximum Gasteiger partial charge on any atom is 0.161 e. The summed E-state index contributed by atoms with van der Waals surface area (Å²) in [5.74, 6) is 1.48. The van der Waals surface area contributed by atoms with Crippen molar-refractivity contribution in [1.29, 1.82) is 0 Å². The molecule has 116 valence electrons. The van der Waals surface area contributed by atoms with Gasteiger partial charge in [-0.3, -0.25) is 0 Å². The van der Waals surface area contributed by atoms with Crippen molar-refractivity contribution in [2.24, 2.45) is 0 Å². The number of nitrogen functional groups attached to an aromatic ring is 1.